The maximum atomic E-state index is 5.65. The van der Waals surface area contributed by atoms with E-state index in [2.05, 4.69) is 57.1 Å². The molecule has 37 heavy (non-hydrogen) atoms. The SMILES string of the molecule is COCCN(C)C1CCN(Cc2cc3nc(-c4cccc5[nH]ccc45)nc(N4CCOCC4)c3s2)CC1. The van der Waals surface area contributed by atoms with Crippen molar-refractivity contribution in [1.82, 2.24) is 24.8 Å². The molecule has 3 aromatic heterocycles. The zero-order valence-corrected chi connectivity index (χ0v) is 22.6. The third-order valence-electron chi connectivity index (χ3n) is 7.76. The molecular weight excluding hydrogens is 484 g/mol. The van der Waals surface area contributed by atoms with Crippen LogP contribution in [0, 0.1) is 0 Å². The van der Waals surface area contributed by atoms with Crippen molar-refractivity contribution < 1.29 is 9.47 Å². The fourth-order valence-electron chi connectivity index (χ4n) is 5.59. The predicted octanol–water partition coefficient (Wildman–Crippen LogP) is 4.22. The molecule has 0 aliphatic carbocycles. The lowest BCUT2D eigenvalue weighted by Crippen LogP contribution is -2.43. The molecule has 0 atom stereocenters. The minimum absolute atomic E-state index is 0.645. The molecule has 196 valence electrons. The highest BCUT2D eigenvalue weighted by Crippen LogP contribution is 2.36. The topological polar surface area (TPSA) is 69.8 Å². The molecule has 6 rings (SSSR count). The Morgan fingerprint density at radius 2 is 1.97 bits per heavy atom. The number of likely N-dealkylation sites (tertiary alicyclic amines) is 1. The first-order valence-electron chi connectivity index (χ1n) is 13.3. The number of hydrogen-bond acceptors (Lipinski definition) is 8. The summed E-state index contributed by atoms with van der Waals surface area (Å²) in [5.74, 6) is 1.84. The van der Waals surface area contributed by atoms with Gasteiger partial charge in [0.15, 0.2) is 11.6 Å². The summed E-state index contributed by atoms with van der Waals surface area (Å²) < 4.78 is 12.1. The lowest BCUT2D eigenvalue weighted by Gasteiger charge is -2.36. The van der Waals surface area contributed by atoms with Crippen LogP contribution in [0.3, 0.4) is 0 Å². The van der Waals surface area contributed by atoms with Crippen LogP contribution in [0.4, 0.5) is 5.82 Å². The van der Waals surface area contributed by atoms with Crippen molar-refractivity contribution in [2.75, 3.05) is 71.6 Å². The fraction of sp³-hybridized carbons (Fsp3) is 0.500. The second kappa shape index (κ2) is 11.0. The zero-order valence-electron chi connectivity index (χ0n) is 21.8. The van der Waals surface area contributed by atoms with E-state index in [-0.39, 0.29) is 0 Å². The molecular formula is C28H36N6O2S. The molecule has 2 aliphatic rings. The molecule has 0 bridgehead atoms. The molecule has 0 saturated carbocycles. The number of nitrogens with zero attached hydrogens (tertiary/aromatic N) is 5. The highest BCUT2D eigenvalue weighted by Gasteiger charge is 2.24. The Hall–Kier alpha value is -2.56. The van der Waals surface area contributed by atoms with Crippen molar-refractivity contribution in [2.45, 2.75) is 25.4 Å². The monoisotopic (exact) mass is 520 g/mol. The quantitative estimate of drug-likeness (QED) is 0.373. The Morgan fingerprint density at radius 3 is 2.78 bits per heavy atom. The average molecular weight is 521 g/mol. The van der Waals surface area contributed by atoms with Gasteiger partial charge in [0, 0.05) is 80.0 Å². The summed E-state index contributed by atoms with van der Waals surface area (Å²) in [5.41, 5.74) is 3.23. The average Bonchev–Trinajstić information content (AvgIpc) is 3.58. The van der Waals surface area contributed by atoms with Gasteiger partial charge in [-0.15, -0.1) is 11.3 Å². The number of aromatic amines is 1. The van der Waals surface area contributed by atoms with Gasteiger partial charge in [0.25, 0.3) is 0 Å². The Bertz CT molecular complexity index is 1340. The maximum Gasteiger partial charge on any atom is 0.162 e. The van der Waals surface area contributed by atoms with E-state index < -0.39 is 0 Å². The summed E-state index contributed by atoms with van der Waals surface area (Å²) in [5, 5.41) is 1.16. The number of likely N-dealkylation sites (N-methyl/N-ethyl adjacent to an activating group) is 1. The van der Waals surface area contributed by atoms with E-state index in [1.54, 1.807) is 7.11 Å². The van der Waals surface area contributed by atoms with Crippen LogP contribution < -0.4 is 4.90 Å². The van der Waals surface area contributed by atoms with E-state index in [1.165, 1.54) is 22.4 Å². The zero-order chi connectivity index (χ0) is 25.2. The molecule has 9 heteroatoms. The van der Waals surface area contributed by atoms with Crippen molar-refractivity contribution in [3.05, 3.63) is 41.4 Å². The molecule has 4 aromatic rings. The number of nitrogens with one attached hydrogen (secondary N) is 1. The minimum Gasteiger partial charge on any atom is -0.383 e. The number of hydrogen-bond donors (Lipinski definition) is 1. The third kappa shape index (κ3) is 5.24. The molecule has 2 saturated heterocycles. The van der Waals surface area contributed by atoms with Crippen LogP contribution in [-0.2, 0) is 16.0 Å². The van der Waals surface area contributed by atoms with E-state index in [4.69, 9.17) is 19.4 Å². The first kappa shape index (κ1) is 24.8. The van der Waals surface area contributed by atoms with Gasteiger partial charge in [-0.2, -0.15) is 0 Å². The van der Waals surface area contributed by atoms with Gasteiger partial charge in [0.1, 0.15) is 0 Å². The van der Waals surface area contributed by atoms with Gasteiger partial charge in [-0.25, -0.2) is 9.97 Å². The smallest absolute Gasteiger partial charge is 0.162 e. The van der Waals surface area contributed by atoms with Gasteiger partial charge in [-0.3, -0.25) is 4.90 Å². The molecule has 8 nitrogen and oxygen atoms in total. The molecule has 1 aromatic carbocycles. The number of H-pyrrole nitrogens is 1. The van der Waals surface area contributed by atoms with Crippen molar-refractivity contribution >= 4 is 38.3 Å². The molecule has 1 N–H and O–H groups in total. The summed E-state index contributed by atoms with van der Waals surface area (Å²) in [6, 6.07) is 11.4. The van der Waals surface area contributed by atoms with Gasteiger partial charge < -0.3 is 24.3 Å². The second-order valence-electron chi connectivity index (χ2n) is 10.1. The number of benzene rings is 1. The highest BCUT2D eigenvalue weighted by atomic mass is 32.1. The Balaban J connectivity index is 1.27. The van der Waals surface area contributed by atoms with Crippen LogP contribution in [0.15, 0.2) is 36.5 Å². The number of morpholine rings is 1. The van der Waals surface area contributed by atoms with Crippen LogP contribution in [0.5, 0.6) is 0 Å². The summed E-state index contributed by atoms with van der Waals surface area (Å²) in [6.07, 6.45) is 4.39. The van der Waals surface area contributed by atoms with Crippen molar-refractivity contribution in [2.24, 2.45) is 0 Å². The normalized spacial score (nSPS) is 18.0. The van der Waals surface area contributed by atoms with E-state index in [0.717, 1.165) is 92.7 Å². The number of anilines is 1. The van der Waals surface area contributed by atoms with Crippen LogP contribution in [0.2, 0.25) is 0 Å². The van der Waals surface area contributed by atoms with Crippen molar-refractivity contribution in [3.8, 4) is 11.4 Å². The van der Waals surface area contributed by atoms with E-state index in [1.807, 2.05) is 17.5 Å². The lowest BCUT2D eigenvalue weighted by molar-refractivity contribution is 0.0948. The summed E-state index contributed by atoms with van der Waals surface area (Å²) >= 11 is 1.86. The van der Waals surface area contributed by atoms with Gasteiger partial charge >= 0.3 is 0 Å². The van der Waals surface area contributed by atoms with Gasteiger partial charge in [-0.05, 0) is 38.1 Å². The molecule has 2 aliphatic heterocycles. The predicted molar refractivity (Wildman–Crippen MR) is 151 cm³/mol. The van der Waals surface area contributed by atoms with Crippen LogP contribution in [0.1, 0.15) is 17.7 Å². The van der Waals surface area contributed by atoms with Crippen LogP contribution in [-0.4, -0.2) is 97.5 Å². The fourth-order valence-corrected chi connectivity index (χ4v) is 6.74. The maximum absolute atomic E-state index is 5.65. The summed E-state index contributed by atoms with van der Waals surface area (Å²) in [4.78, 5) is 22.4. The number of piperidine rings is 1. The van der Waals surface area contributed by atoms with E-state index in [0.29, 0.717) is 6.04 Å². The number of aromatic nitrogens is 3. The number of ether oxygens (including phenoxy) is 2. The first-order valence-corrected chi connectivity index (χ1v) is 14.1. The lowest BCUT2D eigenvalue weighted by atomic mass is 10.0. The highest BCUT2D eigenvalue weighted by molar-refractivity contribution is 7.19. The Morgan fingerprint density at radius 1 is 1.14 bits per heavy atom. The molecule has 2 fully saturated rings. The summed E-state index contributed by atoms with van der Waals surface area (Å²) in [7, 11) is 4.00. The van der Waals surface area contributed by atoms with Crippen molar-refractivity contribution in [3.63, 3.8) is 0 Å². The Labute approximate surface area is 222 Å². The largest absolute Gasteiger partial charge is 0.383 e. The molecule has 0 amide bonds. The summed E-state index contributed by atoms with van der Waals surface area (Å²) in [6.45, 7) is 8.21. The standard InChI is InChI=1S/C28H36N6O2S/c1-32(12-15-35-2)20-7-10-33(11-8-20)19-21-18-25-26(37-21)28(34-13-16-36-17-14-34)31-27(30-25)23-4-3-5-24-22(23)6-9-29-24/h3-6,9,18,20,29H,7-8,10-17,19H2,1-2H3. The Kier molecular flexibility index (Phi) is 7.39. The number of rotatable bonds is 8. The van der Waals surface area contributed by atoms with Gasteiger partial charge in [-0.1, -0.05) is 12.1 Å². The van der Waals surface area contributed by atoms with Gasteiger partial charge in [0.05, 0.1) is 30.0 Å². The second-order valence-corrected chi connectivity index (χ2v) is 11.3. The van der Waals surface area contributed by atoms with E-state index >= 15 is 0 Å². The number of thiophene rings is 1. The van der Waals surface area contributed by atoms with Crippen molar-refractivity contribution in [1.29, 1.82) is 0 Å². The van der Waals surface area contributed by atoms with Crippen LogP contribution in [0.25, 0.3) is 32.5 Å². The first-order chi connectivity index (χ1) is 18.2. The molecule has 0 radical (unpaired) electrons. The minimum atomic E-state index is 0.645. The van der Waals surface area contributed by atoms with Gasteiger partial charge in [0.2, 0.25) is 0 Å². The molecule has 0 unspecified atom stereocenters. The van der Waals surface area contributed by atoms with Crippen LogP contribution >= 0.6 is 11.3 Å². The molecule has 0 spiro atoms. The third-order valence-corrected chi connectivity index (χ3v) is 8.86. The molecule has 5 heterocycles. The number of methoxy groups -OCH3 is 1. The number of fused-ring (bicyclic) bond motifs is 2. The van der Waals surface area contributed by atoms with E-state index in [9.17, 15) is 0 Å².